The number of hydrogen-bond acceptors (Lipinski definition) is 5. The Morgan fingerprint density at radius 3 is 2.18 bits per heavy atom. The number of methoxy groups -OCH3 is 1. The monoisotopic (exact) mass is 545 g/mol. The number of carbonyl (C=O) groups excluding carboxylic acids is 2. The SMILES string of the molecule is CCNC(=O)[C@@H](C)N(Cc1ccccc1F)C(=O)CN(c1ccc(F)cc1)S(=O)(=O)c1ccc(OC)cc1. The molecule has 0 bridgehead atoms. The van der Waals surface area contributed by atoms with Crippen molar-refractivity contribution in [3.63, 3.8) is 0 Å². The summed E-state index contributed by atoms with van der Waals surface area (Å²) in [7, 11) is -2.89. The van der Waals surface area contributed by atoms with Gasteiger partial charge >= 0.3 is 0 Å². The van der Waals surface area contributed by atoms with E-state index in [1.807, 2.05) is 0 Å². The number of carbonyl (C=O) groups is 2. The summed E-state index contributed by atoms with van der Waals surface area (Å²) in [6.07, 6.45) is 0. The Hall–Kier alpha value is -3.99. The quantitative estimate of drug-likeness (QED) is 0.396. The number of nitrogens with zero attached hydrogens (tertiary/aromatic N) is 2. The van der Waals surface area contributed by atoms with Crippen molar-refractivity contribution in [3.8, 4) is 5.75 Å². The molecule has 0 aliphatic rings. The third kappa shape index (κ3) is 6.65. The number of benzene rings is 3. The van der Waals surface area contributed by atoms with Gasteiger partial charge in [0.15, 0.2) is 0 Å². The number of nitrogens with one attached hydrogen (secondary N) is 1. The van der Waals surface area contributed by atoms with Gasteiger partial charge in [-0.1, -0.05) is 18.2 Å². The van der Waals surface area contributed by atoms with Gasteiger partial charge in [0.05, 0.1) is 17.7 Å². The highest BCUT2D eigenvalue weighted by Gasteiger charge is 2.32. The van der Waals surface area contributed by atoms with Crippen LogP contribution in [-0.4, -0.2) is 51.4 Å². The van der Waals surface area contributed by atoms with Crippen molar-refractivity contribution in [2.45, 2.75) is 31.3 Å². The second-order valence-corrected chi connectivity index (χ2v) is 10.2. The second-order valence-electron chi connectivity index (χ2n) is 8.35. The van der Waals surface area contributed by atoms with Gasteiger partial charge in [-0.05, 0) is 68.4 Å². The van der Waals surface area contributed by atoms with E-state index in [-0.39, 0.29) is 22.7 Å². The molecule has 3 rings (SSSR count). The van der Waals surface area contributed by atoms with Gasteiger partial charge in [0.25, 0.3) is 10.0 Å². The third-order valence-electron chi connectivity index (χ3n) is 5.86. The number of rotatable bonds is 11. The van der Waals surface area contributed by atoms with Crippen LogP contribution in [0.3, 0.4) is 0 Å². The zero-order chi connectivity index (χ0) is 27.9. The van der Waals surface area contributed by atoms with Crippen molar-refractivity contribution >= 4 is 27.5 Å². The average molecular weight is 546 g/mol. The lowest BCUT2D eigenvalue weighted by atomic mass is 10.1. The third-order valence-corrected chi connectivity index (χ3v) is 7.65. The van der Waals surface area contributed by atoms with Crippen LogP contribution in [0, 0.1) is 11.6 Å². The highest BCUT2D eigenvalue weighted by molar-refractivity contribution is 7.92. The summed E-state index contributed by atoms with van der Waals surface area (Å²) in [5.74, 6) is -1.97. The number of halogens is 2. The molecular weight excluding hydrogens is 516 g/mol. The first-order valence-electron chi connectivity index (χ1n) is 11.8. The molecule has 8 nitrogen and oxygen atoms in total. The Balaban J connectivity index is 2.03. The summed E-state index contributed by atoms with van der Waals surface area (Å²) in [4.78, 5) is 27.3. The molecule has 202 valence electrons. The van der Waals surface area contributed by atoms with E-state index in [2.05, 4.69) is 5.32 Å². The van der Waals surface area contributed by atoms with Crippen molar-refractivity contribution < 1.29 is 31.5 Å². The highest BCUT2D eigenvalue weighted by atomic mass is 32.2. The maximum absolute atomic E-state index is 14.5. The zero-order valence-corrected chi connectivity index (χ0v) is 22.0. The van der Waals surface area contributed by atoms with Crippen molar-refractivity contribution in [1.82, 2.24) is 10.2 Å². The molecule has 1 N–H and O–H groups in total. The molecule has 0 fully saturated rings. The fourth-order valence-corrected chi connectivity index (χ4v) is 5.14. The molecule has 1 atom stereocenters. The van der Waals surface area contributed by atoms with E-state index >= 15 is 0 Å². The number of anilines is 1. The first-order valence-corrected chi connectivity index (χ1v) is 13.3. The van der Waals surface area contributed by atoms with E-state index in [1.54, 1.807) is 13.0 Å². The first-order chi connectivity index (χ1) is 18.1. The molecule has 38 heavy (non-hydrogen) atoms. The van der Waals surface area contributed by atoms with Gasteiger partial charge in [-0.3, -0.25) is 13.9 Å². The minimum atomic E-state index is -4.32. The van der Waals surface area contributed by atoms with E-state index in [9.17, 15) is 26.8 Å². The number of sulfonamides is 1. The van der Waals surface area contributed by atoms with Crippen LogP contribution >= 0.6 is 0 Å². The lowest BCUT2D eigenvalue weighted by Crippen LogP contribution is -2.51. The van der Waals surface area contributed by atoms with Crippen LogP contribution in [0.4, 0.5) is 14.5 Å². The van der Waals surface area contributed by atoms with E-state index in [1.165, 1.54) is 68.6 Å². The first kappa shape index (κ1) is 28.6. The summed E-state index contributed by atoms with van der Waals surface area (Å²) in [5.41, 5.74) is 0.190. The van der Waals surface area contributed by atoms with Gasteiger partial charge in [0.2, 0.25) is 11.8 Å². The number of ether oxygens (including phenoxy) is 1. The average Bonchev–Trinajstić information content (AvgIpc) is 2.91. The number of likely N-dealkylation sites (N-methyl/N-ethyl adjacent to an activating group) is 1. The van der Waals surface area contributed by atoms with Crippen molar-refractivity contribution in [2.24, 2.45) is 0 Å². The van der Waals surface area contributed by atoms with Crippen LogP contribution in [0.15, 0.2) is 77.7 Å². The van der Waals surface area contributed by atoms with E-state index < -0.39 is 46.1 Å². The van der Waals surface area contributed by atoms with Crippen LogP contribution < -0.4 is 14.4 Å². The van der Waals surface area contributed by atoms with E-state index in [4.69, 9.17) is 4.74 Å². The standard InChI is InChI=1S/C27H29F2N3O5S/c1-4-30-27(34)19(2)31(17-20-7-5-6-8-25(20)29)26(33)18-32(22-11-9-21(28)10-12-22)38(35,36)24-15-13-23(37-3)14-16-24/h5-16,19H,4,17-18H2,1-3H3,(H,30,34)/t19-/m1/s1. The van der Waals surface area contributed by atoms with Gasteiger partial charge < -0.3 is 15.0 Å². The van der Waals surface area contributed by atoms with Crippen molar-refractivity contribution in [3.05, 3.63) is 90.0 Å². The molecule has 3 aromatic carbocycles. The minimum Gasteiger partial charge on any atom is -0.497 e. The van der Waals surface area contributed by atoms with Crippen LogP contribution in [0.5, 0.6) is 5.75 Å². The highest BCUT2D eigenvalue weighted by Crippen LogP contribution is 2.26. The molecule has 3 aromatic rings. The smallest absolute Gasteiger partial charge is 0.264 e. The van der Waals surface area contributed by atoms with Crippen molar-refractivity contribution in [2.75, 3.05) is 24.5 Å². The molecule has 11 heteroatoms. The van der Waals surface area contributed by atoms with Crippen LogP contribution in [0.2, 0.25) is 0 Å². The maximum atomic E-state index is 14.5. The molecule has 0 radical (unpaired) electrons. The topological polar surface area (TPSA) is 96.0 Å². The summed E-state index contributed by atoms with van der Waals surface area (Å²) in [6, 6.07) is 14.9. The lowest BCUT2D eigenvalue weighted by molar-refractivity contribution is -0.139. The zero-order valence-electron chi connectivity index (χ0n) is 21.2. The molecule has 0 unspecified atom stereocenters. The van der Waals surface area contributed by atoms with Gasteiger partial charge in [-0.2, -0.15) is 0 Å². The summed E-state index contributed by atoms with van der Waals surface area (Å²) in [6.45, 7) is 2.50. The largest absolute Gasteiger partial charge is 0.497 e. The Morgan fingerprint density at radius 1 is 0.974 bits per heavy atom. The number of amides is 2. The Labute approximate surface area is 220 Å². The van der Waals surface area contributed by atoms with Crippen LogP contribution in [-0.2, 0) is 26.2 Å². The predicted octanol–water partition coefficient (Wildman–Crippen LogP) is 3.72. The Morgan fingerprint density at radius 2 is 1.61 bits per heavy atom. The molecule has 0 aliphatic heterocycles. The normalized spacial score (nSPS) is 11.9. The molecule has 0 saturated heterocycles. The molecular formula is C27H29F2N3O5S. The lowest BCUT2D eigenvalue weighted by Gasteiger charge is -2.32. The molecule has 0 aliphatic carbocycles. The van der Waals surface area contributed by atoms with E-state index in [0.29, 0.717) is 12.3 Å². The second kappa shape index (κ2) is 12.5. The van der Waals surface area contributed by atoms with E-state index in [0.717, 1.165) is 21.3 Å². The summed E-state index contributed by atoms with van der Waals surface area (Å²) in [5, 5.41) is 2.63. The van der Waals surface area contributed by atoms with Crippen molar-refractivity contribution in [1.29, 1.82) is 0 Å². The molecule has 0 heterocycles. The van der Waals surface area contributed by atoms with Gasteiger partial charge in [-0.15, -0.1) is 0 Å². The van der Waals surface area contributed by atoms with Crippen LogP contribution in [0.25, 0.3) is 0 Å². The molecule has 0 spiro atoms. The Bertz CT molecular complexity index is 1370. The Kier molecular flexibility index (Phi) is 9.40. The molecule has 2 amide bonds. The molecule has 0 aromatic heterocycles. The number of hydrogen-bond donors (Lipinski definition) is 1. The van der Waals surface area contributed by atoms with Gasteiger partial charge in [0, 0.05) is 18.7 Å². The fraction of sp³-hybridized carbons (Fsp3) is 0.259. The van der Waals surface area contributed by atoms with Gasteiger partial charge in [-0.25, -0.2) is 17.2 Å². The minimum absolute atomic E-state index is 0.0343. The van der Waals surface area contributed by atoms with Crippen LogP contribution in [0.1, 0.15) is 19.4 Å². The summed E-state index contributed by atoms with van der Waals surface area (Å²) < 4.78 is 61.4. The fourth-order valence-electron chi connectivity index (χ4n) is 3.73. The molecule has 0 saturated carbocycles. The van der Waals surface area contributed by atoms with Gasteiger partial charge in [0.1, 0.15) is 30.0 Å². The predicted molar refractivity (Wildman–Crippen MR) is 139 cm³/mol. The summed E-state index contributed by atoms with van der Waals surface area (Å²) >= 11 is 0. The maximum Gasteiger partial charge on any atom is 0.264 e.